The van der Waals surface area contributed by atoms with Gasteiger partial charge in [-0.3, -0.25) is 9.69 Å². The van der Waals surface area contributed by atoms with Crippen molar-refractivity contribution >= 4 is 40.7 Å². The molecule has 35 heavy (non-hydrogen) atoms. The number of nitrogens with zero attached hydrogens (tertiary/aromatic N) is 4. The van der Waals surface area contributed by atoms with Crippen LogP contribution in [0.3, 0.4) is 0 Å². The molecule has 1 saturated heterocycles. The molecule has 1 unspecified atom stereocenters. The molecule has 180 valence electrons. The smallest absolute Gasteiger partial charge is 0.318 e. The molecule has 0 bridgehead atoms. The number of urea groups is 1. The van der Waals surface area contributed by atoms with Gasteiger partial charge in [0.1, 0.15) is 11.7 Å². The van der Waals surface area contributed by atoms with Crippen LogP contribution in [0, 0.1) is 0 Å². The molecule has 1 fully saturated rings. The second-order valence-corrected chi connectivity index (χ2v) is 8.84. The number of amides is 3. The third-order valence-electron chi connectivity index (χ3n) is 6.30. The SMILES string of the molecule is CNC(=O)Nc1ccc(-c2ncc3c(n2)N2CCOCC2C(=O)N3[C@@H](C)c2ccc(Cl)cc2)cc1. The van der Waals surface area contributed by atoms with Crippen LogP contribution in [0.1, 0.15) is 18.5 Å². The molecule has 1 aromatic heterocycles. The highest BCUT2D eigenvalue weighted by Gasteiger charge is 2.43. The molecular weight excluding hydrogens is 468 g/mol. The zero-order chi connectivity index (χ0) is 24.5. The number of morpholine rings is 1. The highest BCUT2D eigenvalue weighted by atomic mass is 35.5. The Balaban J connectivity index is 1.53. The average molecular weight is 493 g/mol. The summed E-state index contributed by atoms with van der Waals surface area (Å²) < 4.78 is 5.65. The summed E-state index contributed by atoms with van der Waals surface area (Å²) in [6.45, 7) is 3.38. The Labute approximate surface area is 208 Å². The van der Waals surface area contributed by atoms with E-state index in [9.17, 15) is 9.59 Å². The maximum atomic E-state index is 13.6. The first-order chi connectivity index (χ1) is 17.0. The summed E-state index contributed by atoms with van der Waals surface area (Å²) in [7, 11) is 1.56. The number of rotatable bonds is 4. The van der Waals surface area contributed by atoms with E-state index >= 15 is 0 Å². The van der Waals surface area contributed by atoms with Crippen LogP contribution in [0.5, 0.6) is 0 Å². The monoisotopic (exact) mass is 492 g/mol. The predicted molar refractivity (Wildman–Crippen MR) is 135 cm³/mol. The Morgan fingerprint density at radius 1 is 1.17 bits per heavy atom. The number of anilines is 3. The van der Waals surface area contributed by atoms with E-state index in [4.69, 9.17) is 21.3 Å². The lowest BCUT2D eigenvalue weighted by atomic mass is 10.0. The fourth-order valence-electron chi connectivity index (χ4n) is 4.41. The third-order valence-corrected chi connectivity index (χ3v) is 6.55. The maximum Gasteiger partial charge on any atom is 0.318 e. The number of ether oxygens (including phenoxy) is 1. The fraction of sp³-hybridized carbons (Fsp3) is 0.280. The number of halogens is 1. The summed E-state index contributed by atoms with van der Waals surface area (Å²) >= 11 is 6.07. The molecule has 0 aliphatic carbocycles. The zero-order valence-electron chi connectivity index (χ0n) is 19.4. The topological polar surface area (TPSA) is 99.7 Å². The number of fused-ring (bicyclic) bond motifs is 3. The highest BCUT2D eigenvalue weighted by molar-refractivity contribution is 6.30. The van der Waals surface area contributed by atoms with Crippen molar-refractivity contribution in [3.8, 4) is 11.4 Å². The second-order valence-electron chi connectivity index (χ2n) is 8.40. The third kappa shape index (κ3) is 4.40. The average Bonchev–Trinajstić information content (AvgIpc) is 2.89. The van der Waals surface area contributed by atoms with Gasteiger partial charge in [0, 0.05) is 29.9 Å². The number of nitrogens with one attached hydrogen (secondary N) is 2. The Bertz CT molecular complexity index is 1250. The lowest BCUT2D eigenvalue weighted by Gasteiger charge is -2.45. The van der Waals surface area contributed by atoms with Crippen molar-refractivity contribution in [1.29, 1.82) is 0 Å². The molecule has 5 rings (SSSR count). The number of hydrogen-bond donors (Lipinski definition) is 2. The van der Waals surface area contributed by atoms with Gasteiger partial charge in [-0.2, -0.15) is 0 Å². The second kappa shape index (κ2) is 9.52. The van der Waals surface area contributed by atoms with Crippen molar-refractivity contribution in [2.24, 2.45) is 0 Å². The van der Waals surface area contributed by atoms with Gasteiger partial charge >= 0.3 is 6.03 Å². The highest BCUT2D eigenvalue weighted by Crippen LogP contribution is 2.41. The zero-order valence-corrected chi connectivity index (χ0v) is 20.1. The van der Waals surface area contributed by atoms with E-state index < -0.39 is 6.04 Å². The Morgan fingerprint density at radius 3 is 2.63 bits per heavy atom. The van der Waals surface area contributed by atoms with Crippen molar-refractivity contribution in [1.82, 2.24) is 15.3 Å². The molecule has 2 aliphatic rings. The van der Waals surface area contributed by atoms with E-state index in [-0.39, 0.29) is 18.0 Å². The summed E-state index contributed by atoms with van der Waals surface area (Å²) in [5, 5.41) is 5.90. The van der Waals surface area contributed by atoms with Crippen LogP contribution < -0.4 is 20.4 Å². The summed E-state index contributed by atoms with van der Waals surface area (Å²) in [6, 6.07) is 13.8. The van der Waals surface area contributed by atoms with Gasteiger partial charge in [0.25, 0.3) is 5.91 Å². The molecule has 3 heterocycles. The Hall–Kier alpha value is -3.69. The van der Waals surface area contributed by atoms with Crippen LogP contribution >= 0.6 is 11.6 Å². The first-order valence-corrected chi connectivity index (χ1v) is 11.7. The Morgan fingerprint density at radius 2 is 1.91 bits per heavy atom. The summed E-state index contributed by atoms with van der Waals surface area (Å²) in [6.07, 6.45) is 1.71. The molecule has 3 amide bonds. The fourth-order valence-corrected chi connectivity index (χ4v) is 4.54. The quantitative estimate of drug-likeness (QED) is 0.573. The van der Waals surface area contributed by atoms with Crippen molar-refractivity contribution in [2.75, 3.05) is 41.9 Å². The largest absolute Gasteiger partial charge is 0.377 e. The van der Waals surface area contributed by atoms with Gasteiger partial charge < -0.3 is 20.3 Å². The maximum absolute atomic E-state index is 13.6. The number of hydrogen-bond acceptors (Lipinski definition) is 6. The minimum absolute atomic E-state index is 0.0411. The van der Waals surface area contributed by atoms with Crippen LogP contribution in [-0.4, -0.2) is 54.8 Å². The summed E-state index contributed by atoms with van der Waals surface area (Å²) in [5.41, 5.74) is 3.08. The van der Waals surface area contributed by atoms with Crippen molar-refractivity contribution < 1.29 is 14.3 Å². The predicted octanol–water partition coefficient (Wildman–Crippen LogP) is 3.86. The molecule has 3 aromatic rings. The van der Waals surface area contributed by atoms with Gasteiger partial charge in [-0.15, -0.1) is 0 Å². The minimum Gasteiger partial charge on any atom is -0.377 e. The molecule has 9 nitrogen and oxygen atoms in total. The van der Waals surface area contributed by atoms with Crippen molar-refractivity contribution in [3.63, 3.8) is 0 Å². The van der Waals surface area contributed by atoms with Crippen LogP contribution in [0.25, 0.3) is 11.4 Å². The minimum atomic E-state index is -0.451. The molecule has 10 heteroatoms. The lowest BCUT2D eigenvalue weighted by Crippen LogP contribution is -2.59. The van der Waals surface area contributed by atoms with Crippen molar-refractivity contribution in [3.05, 3.63) is 65.3 Å². The molecule has 2 aromatic carbocycles. The molecular formula is C25H25ClN6O3. The van der Waals surface area contributed by atoms with E-state index in [1.54, 1.807) is 30.3 Å². The first-order valence-electron chi connectivity index (χ1n) is 11.4. The summed E-state index contributed by atoms with van der Waals surface area (Å²) in [4.78, 5) is 38.4. The lowest BCUT2D eigenvalue weighted by molar-refractivity contribution is -0.123. The van der Waals surface area contributed by atoms with Gasteiger partial charge in [0.2, 0.25) is 0 Å². The van der Waals surface area contributed by atoms with Crippen LogP contribution in [-0.2, 0) is 9.53 Å². The normalized spacial score (nSPS) is 17.9. The van der Waals surface area contributed by atoms with Crippen molar-refractivity contribution in [2.45, 2.75) is 19.0 Å². The van der Waals surface area contributed by atoms with Gasteiger partial charge in [-0.25, -0.2) is 14.8 Å². The molecule has 2 aliphatic heterocycles. The van der Waals surface area contributed by atoms with E-state index in [1.807, 2.05) is 48.2 Å². The van der Waals surface area contributed by atoms with Gasteiger partial charge in [-0.1, -0.05) is 23.7 Å². The Kier molecular flexibility index (Phi) is 6.27. The molecule has 2 atom stereocenters. The number of aromatic nitrogens is 2. The number of carbonyl (C=O) groups excluding carboxylic acids is 2. The first kappa shape index (κ1) is 23.1. The standard InChI is InChI=1S/C25H25ClN6O3/c1-15(16-3-7-18(26)8-4-16)32-20-13-28-22(17-5-9-19(10-6-17)29-25(34)27-2)30-23(20)31-11-12-35-14-21(31)24(32)33/h3-10,13,15,21H,11-12,14H2,1-2H3,(H2,27,29,34)/t15-,21?/m0/s1. The molecule has 0 saturated carbocycles. The van der Waals surface area contributed by atoms with E-state index in [0.717, 1.165) is 11.1 Å². The van der Waals surface area contributed by atoms with Gasteiger partial charge in [-0.05, 0) is 48.9 Å². The van der Waals surface area contributed by atoms with Gasteiger partial charge in [0.15, 0.2) is 11.6 Å². The number of carbonyl (C=O) groups is 2. The van der Waals surface area contributed by atoms with E-state index in [2.05, 4.69) is 15.6 Å². The van der Waals surface area contributed by atoms with E-state index in [0.29, 0.717) is 47.8 Å². The van der Waals surface area contributed by atoms with Crippen LogP contribution in [0.2, 0.25) is 5.02 Å². The van der Waals surface area contributed by atoms with Crippen LogP contribution in [0.4, 0.5) is 22.0 Å². The van der Waals surface area contributed by atoms with Crippen LogP contribution in [0.15, 0.2) is 54.7 Å². The summed E-state index contributed by atoms with van der Waals surface area (Å²) in [5.74, 6) is 1.20. The van der Waals surface area contributed by atoms with E-state index in [1.165, 1.54) is 0 Å². The van der Waals surface area contributed by atoms with Gasteiger partial charge in [0.05, 0.1) is 25.5 Å². The number of benzene rings is 2. The molecule has 0 spiro atoms. The molecule has 2 N–H and O–H groups in total. The molecule has 0 radical (unpaired) electrons.